The Morgan fingerprint density at radius 2 is 1.90 bits per heavy atom. The van der Waals surface area contributed by atoms with Crippen molar-refractivity contribution in [1.29, 1.82) is 0 Å². The van der Waals surface area contributed by atoms with Crippen LogP contribution in [0.25, 0.3) is 0 Å². The van der Waals surface area contributed by atoms with E-state index in [0.29, 0.717) is 11.4 Å². The molecule has 0 aromatic rings. The van der Waals surface area contributed by atoms with Gasteiger partial charge < -0.3 is 15.8 Å². The van der Waals surface area contributed by atoms with Crippen LogP contribution >= 0.6 is 0 Å². The third-order valence-electron chi connectivity index (χ3n) is 4.21. The first-order valence-corrected chi connectivity index (χ1v) is 8.25. The Bertz CT molecular complexity index is 275. The third kappa shape index (κ3) is 7.73. The minimum Gasteiger partial charge on any atom is -0.385 e. The molecule has 0 unspecified atom stereocenters. The Kier molecular flexibility index (Phi) is 8.67. The van der Waals surface area contributed by atoms with Gasteiger partial charge in [0.05, 0.1) is 0 Å². The fourth-order valence-corrected chi connectivity index (χ4v) is 2.41. The Morgan fingerprint density at radius 1 is 1.20 bits per heavy atom. The summed E-state index contributed by atoms with van der Waals surface area (Å²) in [6, 6.07) is 0. The van der Waals surface area contributed by atoms with Gasteiger partial charge in [-0.15, -0.1) is 0 Å². The van der Waals surface area contributed by atoms with Crippen molar-refractivity contribution in [2.24, 2.45) is 16.1 Å². The van der Waals surface area contributed by atoms with Crippen molar-refractivity contribution in [1.82, 2.24) is 5.32 Å². The van der Waals surface area contributed by atoms with Gasteiger partial charge in [-0.3, -0.25) is 4.99 Å². The van der Waals surface area contributed by atoms with Gasteiger partial charge in [0.25, 0.3) is 0 Å². The molecule has 1 rings (SSSR count). The van der Waals surface area contributed by atoms with E-state index < -0.39 is 0 Å². The molecule has 0 heterocycles. The molecule has 4 heteroatoms. The lowest BCUT2D eigenvalue weighted by atomic mass is 10.0. The maximum Gasteiger partial charge on any atom is 0.188 e. The van der Waals surface area contributed by atoms with Gasteiger partial charge in [0.15, 0.2) is 5.96 Å². The van der Waals surface area contributed by atoms with Crippen molar-refractivity contribution < 1.29 is 4.74 Å². The second kappa shape index (κ2) is 10.0. The Morgan fingerprint density at radius 3 is 2.55 bits per heavy atom. The topological polar surface area (TPSA) is 59.6 Å². The molecular weight excluding hydrogens is 250 g/mol. The van der Waals surface area contributed by atoms with Crippen molar-refractivity contribution in [3.63, 3.8) is 0 Å². The van der Waals surface area contributed by atoms with Gasteiger partial charge in [0.2, 0.25) is 0 Å². The van der Waals surface area contributed by atoms with Crippen LogP contribution in [-0.2, 0) is 4.74 Å². The number of nitrogens with zero attached hydrogens (tertiary/aromatic N) is 1. The lowest BCUT2D eigenvalue weighted by Crippen LogP contribution is -2.33. The van der Waals surface area contributed by atoms with E-state index in [1.54, 1.807) is 7.11 Å². The van der Waals surface area contributed by atoms with Gasteiger partial charge in [-0.1, -0.05) is 39.0 Å². The van der Waals surface area contributed by atoms with E-state index >= 15 is 0 Å². The van der Waals surface area contributed by atoms with Crippen LogP contribution in [0.2, 0.25) is 0 Å². The fourth-order valence-electron chi connectivity index (χ4n) is 2.41. The molecule has 1 fully saturated rings. The fraction of sp³-hybridized carbons (Fsp3) is 0.938. The largest absolute Gasteiger partial charge is 0.385 e. The quantitative estimate of drug-likeness (QED) is 0.329. The molecule has 0 spiro atoms. The highest BCUT2D eigenvalue weighted by Gasteiger charge is 2.41. The number of methoxy groups -OCH3 is 1. The molecule has 118 valence electrons. The molecule has 0 atom stereocenters. The van der Waals surface area contributed by atoms with E-state index in [1.807, 2.05) is 0 Å². The number of ether oxygens (including phenoxy) is 1. The average Bonchev–Trinajstić information content (AvgIpc) is 3.23. The summed E-state index contributed by atoms with van der Waals surface area (Å²) in [6.45, 7) is 4.89. The van der Waals surface area contributed by atoms with Gasteiger partial charge in [-0.2, -0.15) is 0 Å². The van der Waals surface area contributed by atoms with E-state index in [9.17, 15) is 0 Å². The molecule has 20 heavy (non-hydrogen) atoms. The van der Waals surface area contributed by atoms with Crippen LogP contribution in [0.5, 0.6) is 0 Å². The Labute approximate surface area is 124 Å². The summed E-state index contributed by atoms with van der Waals surface area (Å²) in [5.74, 6) is 0.613. The number of aliphatic imine (C=N–C) groups is 1. The van der Waals surface area contributed by atoms with Gasteiger partial charge in [-0.05, 0) is 31.1 Å². The molecule has 0 amide bonds. The molecule has 1 aliphatic carbocycles. The number of hydrogen-bond donors (Lipinski definition) is 2. The van der Waals surface area contributed by atoms with E-state index in [0.717, 1.165) is 26.1 Å². The standard InChI is InChI=1S/C16H33N3O/c1-3-4-5-6-7-8-12-18-15(17)19-14-16(9-10-16)11-13-20-2/h3-14H2,1-2H3,(H3,17,18,19). The van der Waals surface area contributed by atoms with Crippen molar-refractivity contribution in [2.75, 3.05) is 26.8 Å². The molecular formula is C16H33N3O. The highest BCUT2D eigenvalue weighted by molar-refractivity contribution is 5.77. The first kappa shape index (κ1) is 17.3. The monoisotopic (exact) mass is 283 g/mol. The normalized spacial score (nSPS) is 17.2. The summed E-state index contributed by atoms with van der Waals surface area (Å²) in [6.07, 6.45) is 11.5. The Balaban J connectivity index is 2.01. The minimum atomic E-state index is 0.391. The number of unbranched alkanes of at least 4 members (excludes halogenated alkanes) is 5. The van der Waals surface area contributed by atoms with Crippen LogP contribution in [0.15, 0.2) is 4.99 Å². The number of guanidine groups is 1. The van der Waals surface area contributed by atoms with Crippen molar-refractivity contribution in [3.8, 4) is 0 Å². The van der Waals surface area contributed by atoms with Crippen LogP contribution in [0.1, 0.15) is 64.7 Å². The maximum absolute atomic E-state index is 5.91. The van der Waals surface area contributed by atoms with Gasteiger partial charge in [-0.25, -0.2) is 0 Å². The smallest absolute Gasteiger partial charge is 0.188 e. The lowest BCUT2D eigenvalue weighted by molar-refractivity contribution is 0.174. The molecule has 0 aromatic heterocycles. The van der Waals surface area contributed by atoms with Gasteiger partial charge in [0, 0.05) is 26.8 Å². The molecule has 0 saturated heterocycles. The molecule has 0 aliphatic heterocycles. The molecule has 0 radical (unpaired) electrons. The molecule has 1 aliphatic rings. The van der Waals surface area contributed by atoms with E-state index in [4.69, 9.17) is 10.5 Å². The average molecular weight is 283 g/mol. The molecule has 3 N–H and O–H groups in total. The summed E-state index contributed by atoms with van der Waals surface area (Å²) in [7, 11) is 1.76. The van der Waals surface area contributed by atoms with Crippen molar-refractivity contribution in [3.05, 3.63) is 0 Å². The third-order valence-corrected chi connectivity index (χ3v) is 4.21. The van der Waals surface area contributed by atoms with E-state index in [2.05, 4.69) is 17.2 Å². The maximum atomic E-state index is 5.91. The van der Waals surface area contributed by atoms with Crippen LogP contribution in [0, 0.1) is 5.41 Å². The first-order valence-electron chi connectivity index (χ1n) is 8.25. The van der Waals surface area contributed by atoms with E-state index in [1.165, 1.54) is 51.4 Å². The van der Waals surface area contributed by atoms with Crippen molar-refractivity contribution in [2.45, 2.75) is 64.7 Å². The number of nitrogens with two attached hydrogens (primary N) is 1. The molecule has 4 nitrogen and oxygen atoms in total. The minimum absolute atomic E-state index is 0.391. The van der Waals surface area contributed by atoms with Crippen LogP contribution < -0.4 is 11.1 Å². The molecule has 1 saturated carbocycles. The predicted molar refractivity (Wildman–Crippen MR) is 86.0 cm³/mol. The highest BCUT2D eigenvalue weighted by Crippen LogP contribution is 2.48. The second-order valence-corrected chi connectivity index (χ2v) is 6.14. The summed E-state index contributed by atoms with van der Waals surface area (Å²) in [5, 5.41) is 3.23. The lowest BCUT2D eigenvalue weighted by Gasteiger charge is -2.12. The number of hydrogen-bond acceptors (Lipinski definition) is 2. The zero-order valence-electron chi connectivity index (χ0n) is 13.4. The van der Waals surface area contributed by atoms with Gasteiger partial charge in [0.1, 0.15) is 0 Å². The van der Waals surface area contributed by atoms with E-state index in [-0.39, 0.29) is 0 Å². The highest BCUT2D eigenvalue weighted by atomic mass is 16.5. The molecule has 0 aromatic carbocycles. The van der Waals surface area contributed by atoms with Crippen LogP contribution in [-0.4, -0.2) is 32.8 Å². The van der Waals surface area contributed by atoms with Crippen LogP contribution in [0.3, 0.4) is 0 Å². The predicted octanol–water partition coefficient (Wildman–Crippen LogP) is 3.07. The first-order chi connectivity index (χ1) is 9.72. The SMILES string of the molecule is CCCCCCCCNC(N)=NCC1(CCOC)CC1. The van der Waals surface area contributed by atoms with Gasteiger partial charge >= 0.3 is 0 Å². The van der Waals surface area contributed by atoms with Crippen molar-refractivity contribution >= 4 is 5.96 Å². The Hall–Kier alpha value is -0.770. The van der Waals surface area contributed by atoms with Crippen LogP contribution in [0.4, 0.5) is 0 Å². The summed E-state index contributed by atoms with van der Waals surface area (Å²) in [5.41, 5.74) is 6.30. The summed E-state index contributed by atoms with van der Waals surface area (Å²) in [4.78, 5) is 4.49. The zero-order chi connectivity index (χ0) is 14.7. The second-order valence-electron chi connectivity index (χ2n) is 6.14. The zero-order valence-corrected chi connectivity index (χ0v) is 13.4. The summed E-state index contributed by atoms with van der Waals surface area (Å²) < 4.78 is 5.15. The summed E-state index contributed by atoms with van der Waals surface area (Å²) >= 11 is 0. The molecule has 0 bridgehead atoms. The number of rotatable bonds is 12. The number of nitrogens with one attached hydrogen (secondary N) is 1.